The first-order chi connectivity index (χ1) is 11.6. The van der Waals surface area contributed by atoms with E-state index in [0.29, 0.717) is 24.2 Å². The molecule has 2 aromatic rings. The molecule has 0 aliphatic carbocycles. The fourth-order valence-corrected chi connectivity index (χ4v) is 2.20. The molecule has 4 N–H and O–H groups in total. The fourth-order valence-electron chi connectivity index (χ4n) is 2.20. The minimum atomic E-state index is -0.230. The van der Waals surface area contributed by atoms with Crippen LogP contribution >= 0.6 is 0 Å². The molecule has 0 aromatic heterocycles. The molecule has 24 heavy (non-hydrogen) atoms. The summed E-state index contributed by atoms with van der Waals surface area (Å²) in [5.74, 6) is -0.287. The highest BCUT2D eigenvalue weighted by Gasteiger charge is 2.08. The molecular formula is C18H20N2O4. The van der Waals surface area contributed by atoms with E-state index in [9.17, 15) is 19.8 Å². The molecule has 0 fully saturated rings. The fraction of sp³-hybridized carbons (Fsp3) is 0.222. The lowest BCUT2D eigenvalue weighted by molar-refractivity contribution is -0.122. The van der Waals surface area contributed by atoms with E-state index in [2.05, 4.69) is 10.6 Å². The molecule has 0 bridgehead atoms. The van der Waals surface area contributed by atoms with Gasteiger partial charge in [-0.25, -0.2) is 0 Å². The number of hydrogen-bond donors (Lipinski definition) is 4. The average molecular weight is 328 g/mol. The Kier molecular flexibility index (Phi) is 6.19. The first-order valence-corrected chi connectivity index (χ1v) is 7.63. The van der Waals surface area contributed by atoms with Crippen LogP contribution in [0.1, 0.15) is 11.1 Å². The number of hydrogen-bond acceptors (Lipinski definition) is 4. The van der Waals surface area contributed by atoms with E-state index in [1.54, 1.807) is 36.4 Å². The van der Waals surface area contributed by atoms with Crippen molar-refractivity contribution in [3.8, 4) is 11.5 Å². The van der Waals surface area contributed by atoms with Crippen LogP contribution in [0.4, 0.5) is 0 Å². The first kappa shape index (κ1) is 17.3. The van der Waals surface area contributed by atoms with Gasteiger partial charge in [0.2, 0.25) is 11.8 Å². The molecule has 6 nitrogen and oxygen atoms in total. The smallest absolute Gasteiger partial charge is 0.224 e. The molecule has 0 saturated carbocycles. The molecule has 2 amide bonds. The summed E-state index contributed by atoms with van der Waals surface area (Å²) < 4.78 is 0. The van der Waals surface area contributed by atoms with Crippen LogP contribution in [0.5, 0.6) is 11.5 Å². The van der Waals surface area contributed by atoms with Crippen molar-refractivity contribution in [1.29, 1.82) is 0 Å². The lowest BCUT2D eigenvalue weighted by Gasteiger charge is -2.08. The van der Waals surface area contributed by atoms with Gasteiger partial charge in [0, 0.05) is 24.2 Å². The zero-order chi connectivity index (χ0) is 17.4. The third-order valence-electron chi connectivity index (χ3n) is 3.45. The van der Waals surface area contributed by atoms with Crippen LogP contribution in [0.15, 0.2) is 48.5 Å². The highest BCUT2D eigenvalue weighted by atomic mass is 16.3. The van der Waals surface area contributed by atoms with Crippen LogP contribution < -0.4 is 10.6 Å². The lowest BCUT2D eigenvalue weighted by atomic mass is 10.1. The van der Waals surface area contributed by atoms with Gasteiger partial charge in [-0.15, -0.1) is 0 Å². The molecule has 0 atom stereocenters. The molecule has 0 aliphatic heterocycles. The highest BCUT2D eigenvalue weighted by molar-refractivity contribution is 5.80. The molecule has 2 rings (SSSR count). The van der Waals surface area contributed by atoms with Crippen LogP contribution in [-0.4, -0.2) is 35.1 Å². The summed E-state index contributed by atoms with van der Waals surface area (Å²) in [4.78, 5) is 23.6. The number of nitrogens with one attached hydrogen (secondary N) is 2. The number of phenols is 2. The number of aromatic hydroxyl groups is 2. The van der Waals surface area contributed by atoms with Crippen molar-refractivity contribution in [2.45, 2.75) is 12.8 Å². The Bertz CT molecular complexity index is 654. The van der Waals surface area contributed by atoms with Gasteiger partial charge < -0.3 is 20.8 Å². The molecule has 0 heterocycles. The van der Waals surface area contributed by atoms with Crippen molar-refractivity contribution in [3.63, 3.8) is 0 Å². The maximum Gasteiger partial charge on any atom is 0.224 e. The number of carbonyl (C=O) groups is 2. The standard InChI is InChI=1S/C18H20N2O4/c21-15-7-3-1-5-13(15)11-17(23)19-9-10-20-18(24)12-14-6-2-4-8-16(14)22/h1-8,21-22H,9-12H2,(H,19,23)(H,20,24). The number of rotatable bonds is 7. The van der Waals surface area contributed by atoms with Gasteiger partial charge in [-0.3, -0.25) is 9.59 Å². The van der Waals surface area contributed by atoms with Gasteiger partial charge in [0.15, 0.2) is 0 Å². The van der Waals surface area contributed by atoms with Crippen molar-refractivity contribution in [3.05, 3.63) is 59.7 Å². The molecule has 0 saturated heterocycles. The Morgan fingerprint density at radius 1 is 0.708 bits per heavy atom. The van der Waals surface area contributed by atoms with E-state index >= 15 is 0 Å². The minimum absolute atomic E-state index is 0.0819. The van der Waals surface area contributed by atoms with Gasteiger partial charge in [0.25, 0.3) is 0 Å². The Labute approximate surface area is 140 Å². The predicted molar refractivity (Wildman–Crippen MR) is 89.6 cm³/mol. The number of para-hydroxylation sites is 2. The van der Waals surface area contributed by atoms with E-state index in [0.717, 1.165) is 0 Å². The van der Waals surface area contributed by atoms with Crippen molar-refractivity contribution in [2.75, 3.05) is 13.1 Å². The third-order valence-corrected chi connectivity index (χ3v) is 3.45. The van der Waals surface area contributed by atoms with Crippen LogP contribution in [-0.2, 0) is 22.4 Å². The van der Waals surface area contributed by atoms with Gasteiger partial charge in [-0.2, -0.15) is 0 Å². The maximum absolute atomic E-state index is 11.8. The summed E-state index contributed by atoms with van der Waals surface area (Å²) in [6.07, 6.45) is 0.164. The molecule has 2 aromatic carbocycles. The van der Waals surface area contributed by atoms with Gasteiger partial charge in [-0.1, -0.05) is 36.4 Å². The van der Waals surface area contributed by atoms with Crippen LogP contribution in [0.2, 0.25) is 0 Å². The van der Waals surface area contributed by atoms with Crippen LogP contribution in [0.3, 0.4) is 0 Å². The second kappa shape index (κ2) is 8.57. The van der Waals surface area contributed by atoms with Crippen molar-refractivity contribution in [1.82, 2.24) is 10.6 Å². The van der Waals surface area contributed by atoms with E-state index in [-0.39, 0.29) is 36.2 Å². The second-order valence-corrected chi connectivity index (χ2v) is 5.31. The monoisotopic (exact) mass is 328 g/mol. The molecule has 126 valence electrons. The van der Waals surface area contributed by atoms with E-state index in [4.69, 9.17) is 0 Å². The molecular weight excluding hydrogens is 308 g/mol. The topological polar surface area (TPSA) is 98.7 Å². The third kappa shape index (κ3) is 5.31. The number of benzene rings is 2. The van der Waals surface area contributed by atoms with E-state index < -0.39 is 0 Å². The molecule has 0 spiro atoms. The maximum atomic E-state index is 11.8. The Balaban J connectivity index is 1.67. The SMILES string of the molecule is O=C(Cc1ccccc1O)NCCNC(=O)Cc1ccccc1O. The zero-order valence-corrected chi connectivity index (χ0v) is 13.2. The summed E-state index contributed by atoms with van der Waals surface area (Å²) in [6, 6.07) is 13.3. The second-order valence-electron chi connectivity index (χ2n) is 5.31. The quantitative estimate of drug-likeness (QED) is 0.572. The Hall–Kier alpha value is -3.02. The molecule has 6 heteroatoms. The number of amides is 2. The van der Waals surface area contributed by atoms with Gasteiger partial charge in [0.1, 0.15) is 11.5 Å². The predicted octanol–water partition coefficient (Wildman–Crippen LogP) is 1.12. The van der Waals surface area contributed by atoms with Crippen LogP contribution in [0.25, 0.3) is 0 Å². The Morgan fingerprint density at radius 2 is 1.08 bits per heavy atom. The van der Waals surface area contributed by atoms with Crippen molar-refractivity contribution < 1.29 is 19.8 Å². The minimum Gasteiger partial charge on any atom is -0.508 e. The van der Waals surface area contributed by atoms with E-state index in [1.807, 2.05) is 0 Å². The number of phenolic OH excluding ortho intramolecular Hbond substituents is 2. The van der Waals surface area contributed by atoms with Gasteiger partial charge in [0.05, 0.1) is 12.8 Å². The Morgan fingerprint density at radius 3 is 1.46 bits per heavy atom. The van der Waals surface area contributed by atoms with Gasteiger partial charge >= 0.3 is 0 Å². The van der Waals surface area contributed by atoms with Crippen LogP contribution in [0, 0.1) is 0 Å². The summed E-state index contributed by atoms with van der Waals surface area (Å²) in [5.41, 5.74) is 1.11. The van der Waals surface area contributed by atoms with Crippen molar-refractivity contribution >= 4 is 11.8 Å². The van der Waals surface area contributed by atoms with Crippen molar-refractivity contribution in [2.24, 2.45) is 0 Å². The molecule has 0 unspecified atom stereocenters. The van der Waals surface area contributed by atoms with E-state index in [1.165, 1.54) is 12.1 Å². The summed E-state index contributed by atoms with van der Waals surface area (Å²) in [5, 5.41) is 24.6. The first-order valence-electron chi connectivity index (χ1n) is 7.63. The summed E-state index contributed by atoms with van der Waals surface area (Å²) in [6.45, 7) is 0.581. The average Bonchev–Trinajstić information content (AvgIpc) is 2.56. The summed E-state index contributed by atoms with van der Waals surface area (Å²) >= 11 is 0. The lowest BCUT2D eigenvalue weighted by Crippen LogP contribution is -2.35. The normalized spacial score (nSPS) is 10.2. The van der Waals surface area contributed by atoms with Gasteiger partial charge in [-0.05, 0) is 12.1 Å². The molecule has 0 radical (unpaired) electrons. The summed E-state index contributed by atoms with van der Waals surface area (Å²) in [7, 11) is 0. The largest absolute Gasteiger partial charge is 0.508 e. The highest BCUT2D eigenvalue weighted by Crippen LogP contribution is 2.16. The number of carbonyl (C=O) groups excluding carboxylic acids is 2. The zero-order valence-electron chi connectivity index (χ0n) is 13.2. The molecule has 0 aliphatic rings.